The summed E-state index contributed by atoms with van der Waals surface area (Å²) < 4.78 is 2.23. The number of nitrogens with zero attached hydrogens (tertiary/aromatic N) is 3. The monoisotopic (exact) mass is 392 g/mol. The molecule has 5 nitrogen and oxygen atoms in total. The molecular weight excluding hydrogens is 368 g/mol. The van der Waals surface area contributed by atoms with E-state index in [1.54, 1.807) is 0 Å². The van der Waals surface area contributed by atoms with Gasteiger partial charge in [-0.3, -0.25) is 4.79 Å². The second-order valence-electron chi connectivity index (χ2n) is 7.08. The molecule has 1 N–H and O–H groups in total. The Bertz CT molecular complexity index is 968. The Morgan fingerprint density at radius 1 is 1.11 bits per heavy atom. The molecule has 144 valence electrons. The summed E-state index contributed by atoms with van der Waals surface area (Å²) in [6.45, 7) is 2.97. The molecule has 0 saturated carbocycles. The topological polar surface area (TPSA) is 59.8 Å². The number of hydrogen-bond acceptors (Lipinski definition) is 4. The van der Waals surface area contributed by atoms with Gasteiger partial charge in [-0.25, -0.2) is 0 Å². The van der Waals surface area contributed by atoms with Crippen molar-refractivity contribution in [3.05, 3.63) is 59.9 Å². The van der Waals surface area contributed by atoms with E-state index in [0.29, 0.717) is 5.75 Å². The average Bonchev–Trinajstić information content (AvgIpc) is 2.97. The van der Waals surface area contributed by atoms with Crippen molar-refractivity contribution in [2.45, 2.75) is 44.0 Å². The van der Waals surface area contributed by atoms with Crippen LogP contribution in [0.3, 0.4) is 0 Å². The van der Waals surface area contributed by atoms with Crippen LogP contribution in [0.1, 0.15) is 30.7 Å². The van der Waals surface area contributed by atoms with Crippen molar-refractivity contribution in [2.75, 3.05) is 11.1 Å². The number of aryl methyl sites for hydroxylation is 2. The van der Waals surface area contributed by atoms with Gasteiger partial charge in [0.1, 0.15) is 5.82 Å². The Morgan fingerprint density at radius 2 is 1.96 bits per heavy atom. The third-order valence-corrected chi connectivity index (χ3v) is 6.00. The molecule has 0 radical (unpaired) electrons. The van der Waals surface area contributed by atoms with Crippen molar-refractivity contribution < 1.29 is 4.79 Å². The Hall–Kier alpha value is -2.60. The summed E-state index contributed by atoms with van der Waals surface area (Å²) >= 11 is 1.54. The fourth-order valence-corrected chi connectivity index (χ4v) is 4.17. The third kappa shape index (κ3) is 4.28. The largest absolute Gasteiger partial charge is 0.325 e. The first kappa shape index (κ1) is 18.7. The summed E-state index contributed by atoms with van der Waals surface area (Å²) in [5.41, 5.74) is 2.87. The Labute approximate surface area is 169 Å². The zero-order valence-corrected chi connectivity index (χ0v) is 16.8. The highest BCUT2D eigenvalue weighted by molar-refractivity contribution is 8.00. The molecule has 1 amide bonds. The lowest BCUT2D eigenvalue weighted by Crippen LogP contribution is -2.15. The van der Waals surface area contributed by atoms with Crippen LogP contribution in [0.5, 0.6) is 0 Å². The minimum atomic E-state index is -0.00539. The molecule has 0 atom stereocenters. The number of nitrogens with one attached hydrogen (secondary N) is 1. The molecule has 3 aromatic rings. The number of amides is 1. The van der Waals surface area contributed by atoms with Gasteiger partial charge in [0.15, 0.2) is 5.82 Å². The van der Waals surface area contributed by atoms with E-state index in [4.69, 9.17) is 0 Å². The molecule has 0 saturated heterocycles. The predicted molar refractivity (Wildman–Crippen MR) is 114 cm³/mol. The predicted octanol–water partition coefficient (Wildman–Crippen LogP) is 4.71. The number of carbonyl (C=O) groups excluding carboxylic acids is 1. The Kier molecular flexibility index (Phi) is 5.76. The molecule has 6 heteroatoms. The van der Waals surface area contributed by atoms with Crippen LogP contribution < -0.4 is 5.32 Å². The molecule has 4 rings (SSSR count). The third-order valence-electron chi connectivity index (χ3n) is 4.99. The molecule has 1 aliphatic heterocycles. The van der Waals surface area contributed by atoms with Gasteiger partial charge in [0.2, 0.25) is 5.91 Å². The summed E-state index contributed by atoms with van der Waals surface area (Å²) in [6.07, 6.45) is 4.55. The fraction of sp³-hybridized carbons (Fsp3) is 0.318. The molecule has 0 aliphatic carbocycles. The number of thioether (sulfide) groups is 1. The van der Waals surface area contributed by atoms with E-state index in [1.807, 2.05) is 49.4 Å². The van der Waals surface area contributed by atoms with Crippen molar-refractivity contribution in [3.8, 4) is 11.4 Å². The summed E-state index contributed by atoms with van der Waals surface area (Å²) in [5.74, 6) is 2.34. The van der Waals surface area contributed by atoms with Gasteiger partial charge in [-0.2, -0.15) is 0 Å². The van der Waals surface area contributed by atoms with E-state index in [9.17, 15) is 4.79 Å². The number of aromatic nitrogens is 3. The van der Waals surface area contributed by atoms with Crippen molar-refractivity contribution in [3.63, 3.8) is 0 Å². The highest BCUT2D eigenvalue weighted by Gasteiger charge is 2.17. The van der Waals surface area contributed by atoms with E-state index in [1.165, 1.54) is 24.6 Å². The summed E-state index contributed by atoms with van der Waals surface area (Å²) in [7, 11) is 0. The molecule has 1 aromatic heterocycles. The minimum absolute atomic E-state index is 0.00539. The number of rotatable bonds is 5. The number of fused-ring (bicyclic) bond motifs is 1. The molecule has 1 aliphatic rings. The lowest BCUT2D eigenvalue weighted by atomic mass is 10.1. The highest BCUT2D eigenvalue weighted by Crippen LogP contribution is 2.27. The number of anilines is 1. The Balaban J connectivity index is 1.50. The number of benzene rings is 2. The van der Waals surface area contributed by atoms with Crippen LogP contribution >= 0.6 is 11.8 Å². The maximum Gasteiger partial charge on any atom is 0.234 e. The first-order valence-corrected chi connectivity index (χ1v) is 10.7. The van der Waals surface area contributed by atoms with Crippen molar-refractivity contribution >= 4 is 23.4 Å². The van der Waals surface area contributed by atoms with E-state index >= 15 is 0 Å². The van der Waals surface area contributed by atoms with Crippen LogP contribution in [-0.2, 0) is 17.8 Å². The number of hydrogen-bond donors (Lipinski definition) is 1. The Morgan fingerprint density at radius 3 is 2.82 bits per heavy atom. The van der Waals surface area contributed by atoms with Crippen molar-refractivity contribution in [1.82, 2.24) is 14.8 Å². The molecule has 28 heavy (non-hydrogen) atoms. The molecule has 0 unspecified atom stereocenters. The van der Waals surface area contributed by atoms with E-state index in [2.05, 4.69) is 26.1 Å². The van der Waals surface area contributed by atoms with E-state index in [0.717, 1.165) is 52.7 Å². The normalized spacial score (nSPS) is 13.6. The maximum atomic E-state index is 12.4. The van der Waals surface area contributed by atoms with Gasteiger partial charge in [0.05, 0.1) is 5.75 Å². The smallest absolute Gasteiger partial charge is 0.234 e. The van der Waals surface area contributed by atoms with Crippen LogP contribution in [0, 0.1) is 6.92 Å². The highest BCUT2D eigenvalue weighted by atomic mass is 32.2. The van der Waals surface area contributed by atoms with Crippen molar-refractivity contribution in [2.24, 2.45) is 0 Å². The zero-order valence-electron chi connectivity index (χ0n) is 16.0. The van der Waals surface area contributed by atoms with Gasteiger partial charge in [-0.1, -0.05) is 36.8 Å². The fourth-order valence-electron chi connectivity index (χ4n) is 3.45. The molecule has 0 bridgehead atoms. The van der Waals surface area contributed by atoms with Gasteiger partial charge in [0, 0.05) is 29.1 Å². The second kappa shape index (κ2) is 8.61. The van der Waals surface area contributed by atoms with Gasteiger partial charge in [-0.15, -0.1) is 22.0 Å². The summed E-state index contributed by atoms with van der Waals surface area (Å²) in [6, 6.07) is 16.1. The second-order valence-corrected chi connectivity index (χ2v) is 8.13. The first-order valence-electron chi connectivity index (χ1n) is 9.71. The van der Waals surface area contributed by atoms with Gasteiger partial charge in [0.25, 0.3) is 0 Å². The van der Waals surface area contributed by atoms with E-state index < -0.39 is 0 Å². The van der Waals surface area contributed by atoms with Gasteiger partial charge >= 0.3 is 0 Å². The van der Waals surface area contributed by atoms with Gasteiger partial charge in [-0.05, 0) is 43.5 Å². The van der Waals surface area contributed by atoms with Crippen molar-refractivity contribution in [1.29, 1.82) is 0 Å². The lowest BCUT2D eigenvalue weighted by molar-refractivity contribution is -0.113. The lowest BCUT2D eigenvalue weighted by Gasteiger charge is -2.12. The molecule has 0 spiro atoms. The molecular formula is C22H24N4OS. The van der Waals surface area contributed by atoms with Gasteiger partial charge < -0.3 is 9.88 Å². The zero-order chi connectivity index (χ0) is 19.3. The van der Waals surface area contributed by atoms with Crippen LogP contribution in [0.2, 0.25) is 0 Å². The average molecular weight is 393 g/mol. The molecule has 2 heterocycles. The van der Waals surface area contributed by atoms with Crippen LogP contribution in [0.25, 0.3) is 11.4 Å². The first-order chi connectivity index (χ1) is 13.7. The van der Waals surface area contributed by atoms with Crippen LogP contribution in [0.15, 0.2) is 53.4 Å². The maximum absolute atomic E-state index is 12.4. The SMILES string of the molecule is Cc1ccc(-c2nnc3n2CCCCC3)cc1NC(=O)CSc1ccccc1. The van der Waals surface area contributed by atoms with E-state index in [-0.39, 0.29) is 5.91 Å². The summed E-state index contributed by atoms with van der Waals surface area (Å²) in [4.78, 5) is 13.5. The van der Waals surface area contributed by atoms with Crippen LogP contribution in [-0.4, -0.2) is 26.4 Å². The quantitative estimate of drug-likeness (QED) is 0.639. The van der Waals surface area contributed by atoms with Crippen LogP contribution in [0.4, 0.5) is 5.69 Å². The number of carbonyl (C=O) groups is 1. The molecule has 2 aromatic carbocycles. The minimum Gasteiger partial charge on any atom is -0.325 e. The summed E-state index contributed by atoms with van der Waals surface area (Å²) in [5, 5.41) is 11.9. The standard InChI is InChI=1S/C22H24N4OS/c1-16-11-12-17(22-25-24-20-10-6-3-7-13-26(20)22)14-19(16)23-21(27)15-28-18-8-4-2-5-9-18/h2,4-5,8-9,11-12,14H,3,6-7,10,13,15H2,1H3,(H,23,27). The molecule has 0 fully saturated rings.